The fraction of sp³-hybridized carbons (Fsp3) is 0.353. The quantitative estimate of drug-likeness (QED) is 0.114. The van der Waals surface area contributed by atoms with Crippen LogP contribution in [0.2, 0.25) is 0 Å². The Bertz CT molecular complexity index is 1490. The SMILES string of the molecule is C=CC(=O)OC12CC3CC(CC(C3)C1COC(=O)C(F)(F)S(=O)(=O)[O-])C2.c1ccc([S+](c2ccccc2)c2ccccc2)cc1. The number of esters is 2. The third-order valence-electron chi connectivity index (χ3n) is 8.80. The van der Waals surface area contributed by atoms with E-state index in [0.717, 1.165) is 25.3 Å². The number of hydrogen-bond acceptors (Lipinski definition) is 7. The first-order valence-corrected chi connectivity index (χ1v) is 17.3. The van der Waals surface area contributed by atoms with Crippen LogP contribution in [0.25, 0.3) is 0 Å². The highest BCUT2D eigenvalue weighted by molar-refractivity contribution is 7.97. The maximum Gasteiger partial charge on any atom is 0.428 e. The average molecular weight is 657 g/mol. The van der Waals surface area contributed by atoms with Gasteiger partial charge in [-0.3, -0.25) is 0 Å². The molecule has 0 spiro atoms. The molecule has 4 aliphatic rings. The molecule has 0 aromatic heterocycles. The zero-order chi connectivity index (χ0) is 32.2. The van der Waals surface area contributed by atoms with Crippen molar-refractivity contribution in [3.63, 3.8) is 0 Å². The fourth-order valence-corrected chi connectivity index (χ4v) is 9.56. The van der Waals surface area contributed by atoms with Crippen LogP contribution in [0.5, 0.6) is 0 Å². The summed E-state index contributed by atoms with van der Waals surface area (Å²) < 4.78 is 68.4. The summed E-state index contributed by atoms with van der Waals surface area (Å²) in [6, 6.07) is 32.2. The summed E-state index contributed by atoms with van der Waals surface area (Å²) in [5, 5.41) is -5.15. The van der Waals surface area contributed by atoms with Crippen LogP contribution in [0, 0.1) is 23.7 Å². The summed E-state index contributed by atoms with van der Waals surface area (Å²) in [5.74, 6) is -2.85. The number of benzene rings is 3. The molecule has 45 heavy (non-hydrogen) atoms. The standard InChI is InChI=1S/C18H15S.C16H20F2O7S/c1-4-10-16(11-5-1)19(17-12-6-2-7-13-17)18-14-8-3-9-15-18;1-2-13(19)25-15-6-9-3-10(7-15)5-11(4-9)12(15)8-24-14(20)16(17,18)26(21,22)23/h1-15H;2,9-12H,1,3-8H2,(H,21,22,23)/q+1;/p-1. The van der Waals surface area contributed by atoms with Crippen LogP contribution in [-0.4, -0.2) is 42.4 Å². The number of halogens is 2. The maximum atomic E-state index is 13.3. The molecule has 0 saturated heterocycles. The van der Waals surface area contributed by atoms with Gasteiger partial charge in [-0.25, -0.2) is 18.0 Å². The second kappa shape index (κ2) is 13.4. The van der Waals surface area contributed by atoms with E-state index in [0.29, 0.717) is 24.7 Å². The molecule has 3 aromatic rings. The lowest BCUT2D eigenvalue weighted by molar-refractivity contribution is -0.214. The lowest BCUT2D eigenvalue weighted by atomic mass is 9.50. The van der Waals surface area contributed by atoms with Gasteiger partial charge in [-0.15, -0.1) is 0 Å². The molecule has 0 aliphatic heterocycles. The van der Waals surface area contributed by atoms with E-state index in [1.54, 1.807) is 0 Å². The van der Waals surface area contributed by atoms with Crippen molar-refractivity contribution in [1.82, 2.24) is 0 Å². The smallest absolute Gasteiger partial charge is 0.428 e. The maximum absolute atomic E-state index is 13.3. The molecule has 3 atom stereocenters. The molecular formula is C34H34F2O7S2. The Morgan fingerprint density at radius 1 is 0.867 bits per heavy atom. The molecule has 0 N–H and O–H groups in total. The van der Waals surface area contributed by atoms with Crippen molar-refractivity contribution in [3.8, 4) is 0 Å². The molecule has 0 radical (unpaired) electrons. The summed E-state index contributed by atoms with van der Waals surface area (Å²) in [5.41, 5.74) is -0.939. The molecule has 4 aliphatic carbocycles. The Morgan fingerprint density at radius 2 is 1.31 bits per heavy atom. The van der Waals surface area contributed by atoms with Crippen LogP contribution in [0.4, 0.5) is 8.78 Å². The fourth-order valence-electron chi connectivity index (χ4n) is 7.19. The zero-order valence-corrected chi connectivity index (χ0v) is 26.1. The van der Waals surface area contributed by atoms with E-state index in [1.165, 1.54) is 14.7 Å². The number of alkyl halides is 2. The van der Waals surface area contributed by atoms with Gasteiger partial charge in [0.05, 0.1) is 17.5 Å². The van der Waals surface area contributed by atoms with Gasteiger partial charge in [-0.2, -0.15) is 8.78 Å². The minimum Gasteiger partial charge on any atom is -0.743 e. The average Bonchev–Trinajstić information content (AvgIpc) is 3.01. The molecule has 4 bridgehead atoms. The first kappa shape index (κ1) is 32.8. The number of hydrogen-bond donors (Lipinski definition) is 0. The van der Waals surface area contributed by atoms with Gasteiger partial charge < -0.3 is 14.0 Å². The summed E-state index contributed by atoms with van der Waals surface area (Å²) in [6.45, 7) is 2.83. The Morgan fingerprint density at radius 3 is 1.71 bits per heavy atom. The van der Waals surface area contributed by atoms with Crippen molar-refractivity contribution < 1.29 is 40.8 Å². The van der Waals surface area contributed by atoms with Gasteiger partial charge in [0.15, 0.2) is 24.8 Å². The van der Waals surface area contributed by atoms with Crippen molar-refractivity contribution in [2.75, 3.05) is 6.61 Å². The van der Waals surface area contributed by atoms with E-state index >= 15 is 0 Å². The van der Waals surface area contributed by atoms with Crippen molar-refractivity contribution in [2.24, 2.45) is 23.7 Å². The predicted molar refractivity (Wildman–Crippen MR) is 163 cm³/mol. The number of carbonyl (C=O) groups is 2. The number of ether oxygens (including phenoxy) is 2. The molecule has 3 unspecified atom stereocenters. The number of carbonyl (C=O) groups excluding carboxylic acids is 2. The van der Waals surface area contributed by atoms with Gasteiger partial charge in [-0.1, -0.05) is 61.2 Å². The Kier molecular flexibility index (Phi) is 9.81. The normalized spacial score (nSPS) is 25.2. The van der Waals surface area contributed by atoms with Crippen LogP contribution in [0.1, 0.15) is 32.1 Å². The predicted octanol–water partition coefficient (Wildman–Crippen LogP) is 6.37. The van der Waals surface area contributed by atoms with E-state index in [-0.39, 0.29) is 16.8 Å². The largest absolute Gasteiger partial charge is 0.743 e. The van der Waals surface area contributed by atoms with E-state index < -0.39 is 45.4 Å². The third kappa shape index (κ3) is 7.15. The second-order valence-electron chi connectivity index (χ2n) is 11.7. The summed E-state index contributed by atoms with van der Waals surface area (Å²) in [6.07, 6.45) is 4.73. The highest BCUT2D eigenvalue weighted by Crippen LogP contribution is 2.60. The van der Waals surface area contributed by atoms with E-state index in [2.05, 4.69) is 102 Å². The first-order chi connectivity index (χ1) is 21.4. The van der Waals surface area contributed by atoms with Gasteiger partial charge in [0, 0.05) is 12.0 Å². The monoisotopic (exact) mass is 656 g/mol. The van der Waals surface area contributed by atoms with Crippen molar-refractivity contribution in [2.45, 2.75) is 57.6 Å². The first-order valence-electron chi connectivity index (χ1n) is 14.7. The molecule has 238 valence electrons. The topological polar surface area (TPSA) is 110 Å². The molecule has 7 nitrogen and oxygen atoms in total. The minimum absolute atomic E-state index is 0.0146. The van der Waals surface area contributed by atoms with E-state index in [4.69, 9.17) is 4.74 Å². The molecule has 7 rings (SSSR count). The van der Waals surface area contributed by atoms with Crippen molar-refractivity contribution in [3.05, 3.63) is 104 Å². The number of rotatable bonds is 9. The second-order valence-corrected chi connectivity index (χ2v) is 15.2. The van der Waals surface area contributed by atoms with Crippen molar-refractivity contribution >= 4 is 33.0 Å². The van der Waals surface area contributed by atoms with Crippen LogP contribution in [-0.2, 0) is 40.1 Å². The van der Waals surface area contributed by atoms with Gasteiger partial charge in [0.25, 0.3) is 0 Å². The summed E-state index contributed by atoms with van der Waals surface area (Å²) in [7, 11) is -6.18. The highest BCUT2D eigenvalue weighted by Gasteiger charge is 2.60. The van der Waals surface area contributed by atoms with Gasteiger partial charge in [-0.05, 0) is 86.3 Å². The molecule has 0 amide bonds. The Balaban J connectivity index is 0.000000186. The van der Waals surface area contributed by atoms with Crippen LogP contribution in [0.15, 0.2) is 118 Å². The molecule has 3 aromatic carbocycles. The minimum atomic E-state index is -6.17. The third-order valence-corrected chi connectivity index (χ3v) is 11.8. The van der Waals surface area contributed by atoms with E-state index in [9.17, 15) is 31.3 Å². The lowest BCUT2D eigenvalue weighted by Gasteiger charge is -2.59. The van der Waals surface area contributed by atoms with Crippen LogP contribution >= 0.6 is 0 Å². The summed E-state index contributed by atoms with van der Waals surface area (Å²) >= 11 is 0. The molecule has 4 saturated carbocycles. The lowest BCUT2D eigenvalue weighted by Crippen LogP contribution is -2.60. The zero-order valence-electron chi connectivity index (χ0n) is 24.4. The van der Waals surface area contributed by atoms with Crippen LogP contribution < -0.4 is 0 Å². The Labute approximate surface area is 264 Å². The highest BCUT2D eigenvalue weighted by atomic mass is 32.2. The van der Waals surface area contributed by atoms with Gasteiger partial charge in [0.2, 0.25) is 0 Å². The van der Waals surface area contributed by atoms with Gasteiger partial charge in [0.1, 0.15) is 5.60 Å². The summed E-state index contributed by atoms with van der Waals surface area (Å²) in [4.78, 5) is 27.3. The molecule has 4 fully saturated rings. The van der Waals surface area contributed by atoms with Crippen molar-refractivity contribution in [1.29, 1.82) is 0 Å². The van der Waals surface area contributed by atoms with E-state index in [1.807, 2.05) is 0 Å². The van der Waals surface area contributed by atoms with Crippen LogP contribution in [0.3, 0.4) is 0 Å². The molecule has 0 heterocycles. The Hall–Kier alpha value is -3.54. The molecule has 11 heteroatoms. The van der Waals surface area contributed by atoms with Gasteiger partial charge >= 0.3 is 17.2 Å². The molecular weight excluding hydrogens is 622 g/mol.